The van der Waals surface area contributed by atoms with Crippen LogP contribution in [0.1, 0.15) is 32.2 Å². The van der Waals surface area contributed by atoms with Crippen LogP contribution < -0.4 is 0 Å². The minimum absolute atomic E-state index is 0.178. The number of likely N-dealkylation sites (N-methyl/N-ethyl adjacent to an activating group) is 1. The summed E-state index contributed by atoms with van der Waals surface area (Å²) in [5, 5.41) is 3.32. The number of amides is 1. The van der Waals surface area contributed by atoms with Crippen molar-refractivity contribution in [1.82, 2.24) is 15.0 Å². The van der Waals surface area contributed by atoms with Gasteiger partial charge in [0.15, 0.2) is 0 Å². The summed E-state index contributed by atoms with van der Waals surface area (Å²) >= 11 is 0. The van der Waals surface area contributed by atoms with Crippen molar-refractivity contribution in [2.24, 2.45) is 5.92 Å². The Bertz CT molecular complexity index is 783. The molecular formula is C17H18F3N3O3. The first kappa shape index (κ1) is 19.6. The molecule has 140 valence electrons. The fraction of sp³-hybridized carbons (Fsp3) is 0.412. The number of ketones is 1. The summed E-state index contributed by atoms with van der Waals surface area (Å²) in [5.41, 5.74) is 1.07. The van der Waals surface area contributed by atoms with Gasteiger partial charge in [-0.25, -0.2) is 0 Å². The number of alkyl halides is 3. The smallest absolute Gasteiger partial charge is 0.332 e. The van der Waals surface area contributed by atoms with E-state index in [1.165, 1.54) is 17.0 Å². The van der Waals surface area contributed by atoms with Gasteiger partial charge in [-0.2, -0.15) is 18.2 Å². The van der Waals surface area contributed by atoms with Gasteiger partial charge in [0, 0.05) is 24.6 Å². The first-order valence-corrected chi connectivity index (χ1v) is 7.96. The van der Waals surface area contributed by atoms with Gasteiger partial charge in [0.05, 0.1) is 0 Å². The first-order valence-electron chi connectivity index (χ1n) is 7.96. The summed E-state index contributed by atoms with van der Waals surface area (Å²) in [6.07, 6.45) is -4.70. The lowest BCUT2D eigenvalue weighted by Crippen LogP contribution is -2.37. The Morgan fingerprint density at radius 3 is 2.27 bits per heavy atom. The monoisotopic (exact) mass is 369 g/mol. The molecule has 0 aliphatic rings. The number of carbonyl (C=O) groups excluding carboxylic acids is 2. The molecule has 9 heteroatoms. The van der Waals surface area contributed by atoms with Crippen LogP contribution in [0.5, 0.6) is 0 Å². The standard InChI is InChI=1S/C17H18F3N3O3/c1-4-23(15(25)13(24)10(2)3)9-11-5-7-12(8-6-11)14-21-16(26-22-14)17(18,19)20/h5-8,10H,4,9H2,1-3H3. The lowest BCUT2D eigenvalue weighted by molar-refractivity contribution is -0.159. The third-order valence-corrected chi connectivity index (χ3v) is 3.66. The van der Waals surface area contributed by atoms with Gasteiger partial charge in [0.2, 0.25) is 11.6 Å². The minimum Gasteiger partial charge on any atom is -0.332 e. The number of aromatic nitrogens is 2. The molecule has 0 atom stereocenters. The highest BCUT2D eigenvalue weighted by atomic mass is 19.4. The van der Waals surface area contributed by atoms with Gasteiger partial charge in [0.25, 0.3) is 5.91 Å². The third kappa shape index (κ3) is 4.47. The molecule has 0 saturated heterocycles. The Labute approximate surface area is 148 Å². The molecule has 2 aromatic rings. The number of hydrogen-bond donors (Lipinski definition) is 0. The van der Waals surface area contributed by atoms with Crippen LogP contribution in [0.25, 0.3) is 11.4 Å². The van der Waals surface area contributed by atoms with E-state index < -0.39 is 23.8 Å². The van der Waals surface area contributed by atoms with E-state index >= 15 is 0 Å². The second kappa shape index (κ2) is 7.67. The van der Waals surface area contributed by atoms with Crippen molar-refractivity contribution in [3.63, 3.8) is 0 Å². The molecule has 6 nitrogen and oxygen atoms in total. The Hall–Kier alpha value is -2.71. The molecule has 0 N–H and O–H groups in total. The van der Waals surface area contributed by atoms with E-state index in [1.807, 2.05) is 0 Å². The zero-order valence-electron chi connectivity index (χ0n) is 14.5. The molecule has 0 fully saturated rings. The van der Waals surface area contributed by atoms with Crippen LogP contribution in [0.2, 0.25) is 0 Å². The molecule has 1 aromatic heterocycles. The second-order valence-corrected chi connectivity index (χ2v) is 5.96. The van der Waals surface area contributed by atoms with Crippen LogP contribution >= 0.6 is 0 Å². The summed E-state index contributed by atoms with van der Waals surface area (Å²) in [6, 6.07) is 6.33. The van der Waals surface area contributed by atoms with E-state index in [0.29, 0.717) is 12.1 Å². The number of Topliss-reactive ketones (excluding diaryl/α,β-unsaturated/α-hetero) is 1. The number of carbonyl (C=O) groups is 2. The molecule has 1 amide bonds. The van der Waals surface area contributed by atoms with Crippen LogP contribution in [-0.4, -0.2) is 33.3 Å². The maximum atomic E-state index is 12.5. The van der Waals surface area contributed by atoms with Gasteiger partial charge in [0.1, 0.15) is 0 Å². The van der Waals surface area contributed by atoms with Crippen molar-refractivity contribution in [3.8, 4) is 11.4 Å². The third-order valence-electron chi connectivity index (χ3n) is 3.66. The van der Waals surface area contributed by atoms with Crippen LogP contribution in [0.3, 0.4) is 0 Å². The summed E-state index contributed by atoms with van der Waals surface area (Å²) in [7, 11) is 0. The molecule has 0 spiro atoms. The van der Waals surface area contributed by atoms with Crippen LogP contribution in [-0.2, 0) is 22.3 Å². The normalized spacial score (nSPS) is 11.7. The molecule has 0 aliphatic heterocycles. The summed E-state index contributed by atoms with van der Waals surface area (Å²) in [6.45, 7) is 5.65. The van der Waals surface area contributed by atoms with Gasteiger partial charge in [-0.1, -0.05) is 43.3 Å². The fourth-order valence-corrected chi connectivity index (χ4v) is 2.17. The molecule has 26 heavy (non-hydrogen) atoms. The van der Waals surface area contributed by atoms with Crippen LogP contribution in [0.4, 0.5) is 13.2 Å². The molecule has 2 rings (SSSR count). The minimum atomic E-state index is -4.70. The average Bonchev–Trinajstić information content (AvgIpc) is 3.09. The quantitative estimate of drug-likeness (QED) is 0.730. The molecule has 0 unspecified atom stereocenters. The number of benzene rings is 1. The second-order valence-electron chi connectivity index (χ2n) is 5.96. The van der Waals surface area contributed by atoms with Crippen LogP contribution in [0.15, 0.2) is 28.8 Å². The predicted molar refractivity (Wildman–Crippen MR) is 85.7 cm³/mol. The van der Waals surface area contributed by atoms with Gasteiger partial charge < -0.3 is 9.42 Å². The van der Waals surface area contributed by atoms with E-state index in [-0.39, 0.29) is 18.3 Å². The van der Waals surface area contributed by atoms with Crippen molar-refractivity contribution in [2.75, 3.05) is 6.54 Å². The van der Waals surface area contributed by atoms with E-state index in [2.05, 4.69) is 14.7 Å². The molecule has 0 radical (unpaired) electrons. The molecular weight excluding hydrogens is 351 g/mol. The number of hydrogen-bond acceptors (Lipinski definition) is 5. The highest BCUT2D eigenvalue weighted by molar-refractivity contribution is 6.36. The number of nitrogens with zero attached hydrogens (tertiary/aromatic N) is 3. The average molecular weight is 369 g/mol. The highest BCUT2D eigenvalue weighted by Gasteiger charge is 2.38. The Morgan fingerprint density at radius 2 is 1.81 bits per heavy atom. The van der Waals surface area contributed by atoms with Crippen molar-refractivity contribution in [3.05, 3.63) is 35.7 Å². The molecule has 1 aromatic carbocycles. The van der Waals surface area contributed by atoms with E-state index in [9.17, 15) is 22.8 Å². The largest absolute Gasteiger partial charge is 0.471 e. The fourth-order valence-electron chi connectivity index (χ4n) is 2.17. The van der Waals surface area contributed by atoms with E-state index in [1.54, 1.807) is 32.9 Å². The van der Waals surface area contributed by atoms with Crippen molar-refractivity contribution < 1.29 is 27.3 Å². The topological polar surface area (TPSA) is 76.3 Å². The van der Waals surface area contributed by atoms with Crippen molar-refractivity contribution in [2.45, 2.75) is 33.5 Å². The van der Waals surface area contributed by atoms with E-state index in [4.69, 9.17) is 0 Å². The molecule has 0 bridgehead atoms. The zero-order valence-corrected chi connectivity index (χ0v) is 14.5. The highest BCUT2D eigenvalue weighted by Crippen LogP contribution is 2.29. The summed E-state index contributed by atoms with van der Waals surface area (Å²) < 4.78 is 41.7. The lowest BCUT2D eigenvalue weighted by atomic mass is 10.1. The van der Waals surface area contributed by atoms with Crippen LogP contribution in [0, 0.1) is 5.92 Å². The Morgan fingerprint density at radius 1 is 1.19 bits per heavy atom. The number of rotatable bonds is 6. The maximum Gasteiger partial charge on any atom is 0.471 e. The first-order chi connectivity index (χ1) is 12.1. The van der Waals surface area contributed by atoms with Gasteiger partial charge in [-0.05, 0) is 12.5 Å². The van der Waals surface area contributed by atoms with Crippen molar-refractivity contribution in [1.29, 1.82) is 0 Å². The zero-order chi connectivity index (χ0) is 19.5. The van der Waals surface area contributed by atoms with E-state index in [0.717, 1.165) is 5.56 Å². The van der Waals surface area contributed by atoms with Crippen molar-refractivity contribution >= 4 is 11.7 Å². The summed E-state index contributed by atoms with van der Waals surface area (Å²) in [5.74, 6) is -3.00. The predicted octanol–water partition coefficient (Wildman–Crippen LogP) is 3.33. The molecule has 1 heterocycles. The van der Waals surface area contributed by atoms with Gasteiger partial charge in [-0.3, -0.25) is 9.59 Å². The Kier molecular flexibility index (Phi) is 5.79. The molecule has 0 aliphatic carbocycles. The number of halogens is 3. The Balaban J connectivity index is 2.12. The molecule has 0 saturated carbocycles. The van der Waals surface area contributed by atoms with Gasteiger partial charge >= 0.3 is 12.1 Å². The maximum absolute atomic E-state index is 12.5. The van der Waals surface area contributed by atoms with Gasteiger partial charge in [-0.15, -0.1) is 0 Å². The summed E-state index contributed by atoms with van der Waals surface area (Å²) in [4.78, 5) is 28.7. The lowest BCUT2D eigenvalue weighted by Gasteiger charge is -2.21. The SMILES string of the molecule is CCN(Cc1ccc(-c2noc(C(F)(F)F)n2)cc1)C(=O)C(=O)C(C)C.